The molecule has 1 aliphatic carbocycles. The number of sulfonamides is 1. The maximum Gasteiger partial charge on any atom is 0.416 e. The molecule has 2 heterocycles. The van der Waals surface area contributed by atoms with E-state index in [-0.39, 0.29) is 35.0 Å². The third-order valence-corrected chi connectivity index (χ3v) is 10.3. The maximum absolute atomic E-state index is 13.3. The topological polar surface area (TPSA) is 157 Å². The molecule has 1 aliphatic heterocycles. The second-order valence-corrected chi connectivity index (χ2v) is 14.1. The molecule has 2 aliphatic rings. The highest BCUT2D eigenvalue weighted by molar-refractivity contribution is 7.89. The number of hydrogen-bond donors (Lipinski definition) is 5. The number of carbonyl (C=O) groups excluding carboxylic acids is 2. The van der Waals surface area contributed by atoms with Gasteiger partial charge in [-0.25, -0.2) is 22.9 Å². The number of urea groups is 1. The van der Waals surface area contributed by atoms with Crippen molar-refractivity contribution in [3.8, 4) is 11.1 Å². The third kappa shape index (κ3) is 7.91. The molecule has 1 saturated carbocycles. The molecule has 4 bridgehead atoms. The summed E-state index contributed by atoms with van der Waals surface area (Å²) < 4.78 is 68.9. The molecule has 0 atom stereocenters. The smallest absolute Gasteiger partial charge is 0.369 e. The third-order valence-electron chi connectivity index (χ3n) is 8.88. The normalized spacial score (nSPS) is 16.2. The van der Waals surface area contributed by atoms with E-state index in [0.717, 1.165) is 17.7 Å². The second kappa shape index (κ2) is 14.2. The van der Waals surface area contributed by atoms with Gasteiger partial charge in [-0.2, -0.15) is 18.2 Å². The number of carbonyl (C=O) groups is 2. The SMILES string of the molecule is CCN(CC)C(=O)Nc1cc2cc(c1)S(=O)(=O)NCCCNc1nc(ncc1-c1ccc(NC(=O)C3(c4cccc(C(F)(F)F)c4)CC3)cc1)N2. The highest BCUT2D eigenvalue weighted by atomic mass is 32.2. The number of anilines is 5. The largest absolute Gasteiger partial charge is 0.416 e. The number of hydrogen-bond acceptors (Lipinski definition) is 8. The molecule has 12 nitrogen and oxygen atoms in total. The number of fused-ring (bicyclic) bond motifs is 4. The first-order chi connectivity index (χ1) is 24.3. The monoisotopic (exact) mass is 722 g/mol. The molecule has 0 unspecified atom stereocenters. The number of nitrogens with one attached hydrogen (secondary N) is 5. The van der Waals surface area contributed by atoms with Gasteiger partial charge < -0.3 is 26.2 Å². The van der Waals surface area contributed by atoms with E-state index in [1.54, 1.807) is 47.5 Å². The van der Waals surface area contributed by atoms with E-state index in [1.807, 2.05) is 13.8 Å². The number of alkyl halides is 3. The predicted octanol–water partition coefficient (Wildman–Crippen LogP) is 6.54. The summed E-state index contributed by atoms with van der Waals surface area (Å²) in [6, 6.07) is 15.9. The molecule has 5 N–H and O–H groups in total. The van der Waals surface area contributed by atoms with Crippen molar-refractivity contribution in [2.75, 3.05) is 47.4 Å². The van der Waals surface area contributed by atoms with E-state index >= 15 is 0 Å². The fourth-order valence-corrected chi connectivity index (χ4v) is 7.01. The van der Waals surface area contributed by atoms with Crippen molar-refractivity contribution < 1.29 is 31.2 Å². The summed E-state index contributed by atoms with van der Waals surface area (Å²) in [6.07, 6.45) is -1.57. The number of aromatic nitrogens is 2. The first-order valence-electron chi connectivity index (χ1n) is 16.5. The van der Waals surface area contributed by atoms with Crippen LogP contribution in [-0.4, -0.2) is 61.4 Å². The number of rotatable bonds is 7. The summed E-state index contributed by atoms with van der Waals surface area (Å²) in [6.45, 7) is 5.16. The van der Waals surface area contributed by atoms with Gasteiger partial charge in [-0.15, -0.1) is 0 Å². The van der Waals surface area contributed by atoms with Gasteiger partial charge in [0.2, 0.25) is 21.9 Å². The first-order valence-corrected chi connectivity index (χ1v) is 18.0. The van der Waals surface area contributed by atoms with E-state index in [4.69, 9.17) is 0 Å². The number of benzene rings is 3. The highest BCUT2D eigenvalue weighted by Crippen LogP contribution is 2.50. The standard InChI is InChI=1S/C35H37F3N8O4S/c1-3-46(4-2)33(48)44-27-18-26-19-28(20-27)51(49,50)41-16-6-15-39-30-29(21-40-32(43-26)45-30)22-9-11-25(12-10-22)42-31(47)34(13-14-34)23-7-5-8-24(17-23)35(36,37)38/h5,7-12,17-21,41H,3-4,6,13-16H2,1-2H3,(H,42,47)(H,44,48)(H2,39,40,43,45). The number of amides is 3. The number of nitrogens with zero attached hydrogens (tertiary/aromatic N) is 3. The van der Waals surface area contributed by atoms with Crippen molar-refractivity contribution in [2.45, 2.75) is 49.6 Å². The highest BCUT2D eigenvalue weighted by Gasteiger charge is 2.51. The summed E-state index contributed by atoms with van der Waals surface area (Å²) in [5.41, 5.74) is 0.977. The van der Waals surface area contributed by atoms with Crippen LogP contribution >= 0.6 is 0 Å². The summed E-state index contributed by atoms with van der Waals surface area (Å²) >= 11 is 0. The van der Waals surface area contributed by atoms with Gasteiger partial charge in [0.1, 0.15) is 5.82 Å². The van der Waals surface area contributed by atoms with E-state index < -0.39 is 27.2 Å². The predicted molar refractivity (Wildman–Crippen MR) is 188 cm³/mol. The summed E-state index contributed by atoms with van der Waals surface area (Å²) in [5.74, 6) is 0.278. The lowest BCUT2D eigenvalue weighted by Crippen LogP contribution is -2.34. The first kappa shape index (κ1) is 35.6. The lowest BCUT2D eigenvalue weighted by Gasteiger charge is -2.20. The molecule has 3 amide bonds. The van der Waals surface area contributed by atoms with Crippen LogP contribution in [0.4, 0.5) is 46.8 Å². The molecule has 6 rings (SSSR count). The Hall–Kier alpha value is -5.22. The zero-order chi connectivity index (χ0) is 36.4. The summed E-state index contributed by atoms with van der Waals surface area (Å²) in [4.78, 5) is 36.7. The average Bonchev–Trinajstić information content (AvgIpc) is 3.91. The Bertz CT molecular complexity index is 2050. The Balaban J connectivity index is 1.23. The summed E-state index contributed by atoms with van der Waals surface area (Å²) in [5, 5.41) is 11.9. The van der Waals surface area contributed by atoms with Gasteiger partial charge in [0.25, 0.3) is 0 Å². The Morgan fingerprint density at radius 3 is 2.37 bits per heavy atom. The van der Waals surface area contributed by atoms with Crippen molar-refractivity contribution in [2.24, 2.45) is 0 Å². The van der Waals surface area contributed by atoms with Crippen LogP contribution in [0.15, 0.2) is 77.8 Å². The van der Waals surface area contributed by atoms with Crippen LogP contribution in [-0.2, 0) is 26.4 Å². The van der Waals surface area contributed by atoms with E-state index in [0.29, 0.717) is 67.2 Å². The van der Waals surface area contributed by atoms with Gasteiger partial charge in [-0.05, 0) is 80.6 Å². The molecular formula is C35H37F3N8O4S. The Morgan fingerprint density at radius 1 is 0.941 bits per heavy atom. The molecule has 4 aromatic rings. The van der Waals surface area contributed by atoms with Crippen LogP contribution in [0.3, 0.4) is 0 Å². The molecule has 51 heavy (non-hydrogen) atoms. The van der Waals surface area contributed by atoms with Crippen molar-refractivity contribution in [1.82, 2.24) is 19.6 Å². The average molecular weight is 723 g/mol. The Kier molecular flexibility index (Phi) is 9.90. The van der Waals surface area contributed by atoms with Crippen molar-refractivity contribution in [1.29, 1.82) is 0 Å². The van der Waals surface area contributed by atoms with Crippen molar-refractivity contribution in [3.63, 3.8) is 0 Å². The minimum Gasteiger partial charge on any atom is -0.369 e. The maximum atomic E-state index is 13.3. The fourth-order valence-electron chi connectivity index (χ4n) is 5.86. The molecule has 0 saturated heterocycles. The van der Waals surface area contributed by atoms with E-state index in [2.05, 4.69) is 36.0 Å². The van der Waals surface area contributed by atoms with Crippen LogP contribution in [0, 0.1) is 0 Å². The molecule has 268 valence electrons. The molecule has 0 spiro atoms. The fraction of sp³-hybridized carbons (Fsp3) is 0.314. The van der Waals surface area contributed by atoms with Gasteiger partial charge in [0, 0.05) is 55.0 Å². The van der Waals surface area contributed by atoms with Gasteiger partial charge in [0.15, 0.2) is 0 Å². The zero-order valence-electron chi connectivity index (χ0n) is 27.9. The zero-order valence-corrected chi connectivity index (χ0v) is 28.7. The molecule has 16 heteroatoms. The van der Waals surface area contributed by atoms with Crippen LogP contribution < -0.4 is 26.0 Å². The minimum atomic E-state index is -4.50. The quantitative estimate of drug-likeness (QED) is 0.144. The van der Waals surface area contributed by atoms with Crippen LogP contribution in [0.2, 0.25) is 0 Å². The van der Waals surface area contributed by atoms with Gasteiger partial charge >= 0.3 is 12.2 Å². The van der Waals surface area contributed by atoms with Crippen LogP contribution in [0.5, 0.6) is 0 Å². The van der Waals surface area contributed by atoms with Gasteiger partial charge in [-0.3, -0.25) is 4.79 Å². The molecular weight excluding hydrogens is 685 g/mol. The van der Waals surface area contributed by atoms with Crippen molar-refractivity contribution in [3.05, 3.63) is 84.1 Å². The number of halogens is 3. The van der Waals surface area contributed by atoms with Crippen LogP contribution in [0.1, 0.15) is 44.2 Å². The Morgan fingerprint density at radius 2 is 1.69 bits per heavy atom. The van der Waals surface area contributed by atoms with Gasteiger partial charge in [0.05, 0.1) is 15.9 Å². The van der Waals surface area contributed by atoms with Crippen molar-refractivity contribution >= 4 is 50.8 Å². The molecule has 3 aromatic carbocycles. The Labute approximate surface area is 293 Å². The lowest BCUT2D eigenvalue weighted by molar-refractivity contribution is -0.137. The molecule has 1 fully saturated rings. The van der Waals surface area contributed by atoms with E-state index in [1.165, 1.54) is 18.2 Å². The minimum absolute atomic E-state index is 0.0407. The summed E-state index contributed by atoms with van der Waals surface area (Å²) in [7, 11) is -3.92. The molecule has 0 radical (unpaired) electrons. The lowest BCUT2D eigenvalue weighted by atomic mass is 9.93. The van der Waals surface area contributed by atoms with Crippen LogP contribution in [0.25, 0.3) is 11.1 Å². The second-order valence-electron chi connectivity index (χ2n) is 12.3. The van der Waals surface area contributed by atoms with E-state index in [9.17, 15) is 31.2 Å². The molecule has 1 aromatic heterocycles. The van der Waals surface area contributed by atoms with Gasteiger partial charge in [-0.1, -0.05) is 30.3 Å².